The van der Waals surface area contributed by atoms with E-state index in [1.54, 1.807) is 7.11 Å². The lowest BCUT2D eigenvalue weighted by atomic mass is 10.2. The molecular weight excluding hydrogens is 368 g/mol. The van der Waals surface area contributed by atoms with Gasteiger partial charge in [-0.2, -0.15) is 0 Å². The largest absolute Gasteiger partial charge is 0.383 e. The van der Waals surface area contributed by atoms with Crippen molar-refractivity contribution in [1.82, 2.24) is 15.1 Å². The van der Waals surface area contributed by atoms with Crippen LogP contribution in [0.2, 0.25) is 0 Å². The molecule has 6 heteroatoms. The van der Waals surface area contributed by atoms with Crippen LogP contribution >= 0.6 is 11.8 Å². The first kappa shape index (κ1) is 21.5. The monoisotopic (exact) mass is 404 g/mol. The van der Waals surface area contributed by atoms with Crippen molar-refractivity contribution in [3.8, 4) is 0 Å². The maximum absolute atomic E-state index is 5.26. The molecule has 1 aromatic carbocycles. The van der Waals surface area contributed by atoms with Gasteiger partial charge < -0.3 is 15.0 Å². The standard InChI is InChI=1S/C22H36N4OS/c1-3-23-22(24-16-20-8-7-12-25(20)14-15-27-2)26-13-11-19(17-26)18-28-21-9-5-4-6-10-21/h4-6,9-10,19-20H,3,7-8,11-18H2,1-2H3,(H,23,24). The fourth-order valence-electron chi connectivity index (χ4n) is 4.11. The third-order valence-corrected chi connectivity index (χ3v) is 6.93. The third kappa shape index (κ3) is 6.39. The number of guanidine groups is 1. The summed E-state index contributed by atoms with van der Waals surface area (Å²) in [6.07, 6.45) is 3.79. The lowest BCUT2D eigenvalue weighted by Crippen LogP contribution is -2.41. The lowest BCUT2D eigenvalue weighted by Gasteiger charge is -2.25. The van der Waals surface area contributed by atoms with Crippen LogP contribution in [0.1, 0.15) is 26.2 Å². The normalized spacial score (nSPS) is 23.5. The smallest absolute Gasteiger partial charge is 0.193 e. The summed E-state index contributed by atoms with van der Waals surface area (Å²) in [7, 11) is 1.78. The van der Waals surface area contributed by atoms with Gasteiger partial charge in [0.1, 0.15) is 0 Å². The minimum atomic E-state index is 0.566. The molecule has 0 spiro atoms. The van der Waals surface area contributed by atoms with Crippen molar-refractivity contribution >= 4 is 17.7 Å². The van der Waals surface area contributed by atoms with Gasteiger partial charge in [-0.15, -0.1) is 11.8 Å². The Morgan fingerprint density at radius 2 is 2.11 bits per heavy atom. The highest BCUT2D eigenvalue weighted by atomic mass is 32.2. The number of benzene rings is 1. The molecule has 2 unspecified atom stereocenters. The van der Waals surface area contributed by atoms with Crippen molar-refractivity contribution in [3.63, 3.8) is 0 Å². The van der Waals surface area contributed by atoms with Crippen LogP contribution in [0.4, 0.5) is 0 Å². The summed E-state index contributed by atoms with van der Waals surface area (Å²) in [5.74, 6) is 3.03. The molecular formula is C22H36N4OS. The van der Waals surface area contributed by atoms with Crippen molar-refractivity contribution in [2.75, 3.05) is 58.7 Å². The number of hydrogen-bond acceptors (Lipinski definition) is 4. The molecule has 3 rings (SSSR count). The van der Waals surface area contributed by atoms with Gasteiger partial charge >= 0.3 is 0 Å². The minimum Gasteiger partial charge on any atom is -0.383 e. The van der Waals surface area contributed by atoms with Gasteiger partial charge in [0, 0.05) is 50.0 Å². The summed E-state index contributed by atoms with van der Waals surface area (Å²) in [6.45, 7) is 9.23. The van der Waals surface area contributed by atoms with E-state index in [4.69, 9.17) is 9.73 Å². The Kier molecular flexibility index (Phi) is 8.96. The van der Waals surface area contributed by atoms with Crippen LogP contribution < -0.4 is 5.32 Å². The molecule has 2 fully saturated rings. The third-order valence-electron chi connectivity index (χ3n) is 5.68. The van der Waals surface area contributed by atoms with Crippen molar-refractivity contribution < 1.29 is 4.74 Å². The van der Waals surface area contributed by atoms with Crippen LogP contribution in [0.25, 0.3) is 0 Å². The fraction of sp³-hybridized carbons (Fsp3) is 0.682. The number of rotatable bonds is 9. The van der Waals surface area contributed by atoms with E-state index < -0.39 is 0 Å². The van der Waals surface area contributed by atoms with Gasteiger partial charge in [-0.25, -0.2) is 0 Å². The Morgan fingerprint density at radius 3 is 2.89 bits per heavy atom. The van der Waals surface area contributed by atoms with E-state index in [1.165, 1.54) is 36.5 Å². The average Bonchev–Trinajstić information content (AvgIpc) is 3.38. The van der Waals surface area contributed by atoms with Gasteiger partial charge in [-0.3, -0.25) is 9.89 Å². The second kappa shape index (κ2) is 11.7. The van der Waals surface area contributed by atoms with E-state index in [0.29, 0.717) is 6.04 Å². The molecule has 28 heavy (non-hydrogen) atoms. The second-order valence-electron chi connectivity index (χ2n) is 7.74. The molecule has 2 atom stereocenters. The first-order valence-corrected chi connectivity index (χ1v) is 11.7. The molecule has 5 nitrogen and oxygen atoms in total. The van der Waals surface area contributed by atoms with Crippen molar-refractivity contribution in [3.05, 3.63) is 30.3 Å². The summed E-state index contributed by atoms with van der Waals surface area (Å²) in [5.41, 5.74) is 0. The van der Waals surface area contributed by atoms with Crippen LogP contribution in [0.15, 0.2) is 40.2 Å². The van der Waals surface area contributed by atoms with Crippen LogP contribution in [0.3, 0.4) is 0 Å². The first-order chi connectivity index (χ1) is 13.8. The molecule has 1 N–H and O–H groups in total. The number of hydrogen-bond donors (Lipinski definition) is 1. The zero-order chi connectivity index (χ0) is 19.6. The van der Waals surface area contributed by atoms with Crippen LogP contribution in [-0.4, -0.2) is 80.5 Å². The number of aliphatic imine (C=N–C) groups is 1. The molecule has 0 bridgehead atoms. The second-order valence-corrected chi connectivity index (χ2v) is 8.84. The van der Waals surface area contributed by atoms with Gasteiger partial charge in [-0.05, 0) is 50.8 Å². The molecule has 0 amide bonds. The summed E-state index contributed by atoms with van der Waals surface area (Å²) in [5, 5.41) is 3.53. The van der Waals surface area contributed by atoms with Crippen molar-refractivity contribution in [1.29, 1.82) is 0 Å². The van der Waals surface area contributed by atoms with Gasteiger partial charge in [0.15, 0.2) is 5.96 Å². The van der Waals surface area contributed by atoms with Gasteiger partial charge in [-0.1, -0.05) is 18.2 Å². The zero-order valence-corrected chi connectivity index (χ0v) is 18.3. The molecule has 2 aliphatic rings. The predicted octanol–water partition coefficient (Wildman–Crippen LogP) is 3.18. The molecule has 0 saturated carbocycles. The number of thioether (sulfide) groups is 1. The highest BCUT2D eigenvalue weighted by Crippen LogP contribution is 2.26. The average molecular weight is 405 g/mol. The minimum absolute atomic E-state index is 0.566. The number of nitrogens with one attached hydrogen (secondary N) is 1. The maximum atomic E-state index is 5.26. The Morgan fingerprint density at radius 1 is 1.25 bits per heavy atom. The Labute approximate surface area is 174 Å². The molecule has 2 heterocycles. The van der Waals surface area contributed by atoms with Gasteiger partial charge in [0.2, 0.25) is 0 Å². The highest BCUT2D eigenvalue weighted by molar-refractivity contribution is 7.99. The molecule has 1 aromatic rings. The zero-order valence-electron chi connectivity index (χ0n) is 17.5. The highest BCUT2D eigenvalue weighted by Gasteiger charge is 2.27. The van der Waals surface area contributed by atoms with E-state index in [9.17, 15) is 0 Å². The molecule has 0 radical (unpaired) electrons. The quantitative estimate of drug-likeness (QED) is 0.389. The summed E-state index contributed by atoms with van der Waals surface area (Å²) in [6, 6.07) is 11.3. The topological polar surface area (TPSA) is 40.1 Å². The van der Waals surface area contributed by atoms with E-state index >= 15 is 0 Å². The molecule has 2 saturated heterocycles. The van der Waals surface area contributed by atoms with E-state index in [0.717, 1.165) is 51.2 Å². The van der Waals surface area contributed by atoms with Crippen molar-refractivity contribution in [2.45, 2.75) is 37.1 Å². The van der Waals surface area contributed by atoms with Crippen molar-refractivity contribution in [2.24, 2.45) is 10.9 Å². The van der Waals surface area contributed by atoms with Gasteiger partial charge in [0.25, 0.3) is 0 Å². The molecule has 0 aromatic heterocycles. The predicted molar refractivity (Wildman–Crippen MR) is 119 cm³/mol. The van der Waals surface area contributed by atoms with Crippen LogP contribution in [0.5, 0.6) is 0 Å². The van der Waals surface area contributed by atoms with E-state index in [-0.39, 0.29) is 0 Å². The summed E-state index contributed by atoms with van der Waals surface area (Å²) in [4.78, 5) is 11.4. The van der Waals surface area contributed by atoms with Gasteiger partial charge in [0.05, 0.1) is 13.2 Å². The molecule has 156 valence electrons. The molecule has 2 aliphatic heterocycles. The van der Waals surface area contributed by atoms with Crippen LogP contribution in [0, 0.1) is 5.92 Å². The number of likely N-dealkylation sites (tertiary alicyclic amines) is 2. The SMILES string of the molecule is CCNC(=NCC1CCCN1CCOC)N1CCC(CSc2ccccc2)C1. The van der Waals surface area contributed by atoms with E-state index in [1.807, 2.05) is 11.8 Å². The Hall–Kier alpha value is -1.24. The fourth-order valence-corrected chi connectivity index (χ4v) is 5.16. The molecule has 0 aliphatic carbocycles. The number of methoxy groups -OCH3 is 1. The summed E-state index contributed by atoms with van der Waals surface area (Å²) < 4.78 is 5.26. The summed E-state index contributed by atoms with van der Waals surface area (Å²) >= 11 is 1.98. The number of ether oxygens (including phenoxy) is 1. The number of nitrogens with zero attached hydrogens (tertiary/aromatic N) is 3. The maximum Gasteiger partial charge on any atom is 0.193 e. The van der Waals surface area contributed by atoms with E-state index in [2.05, 4.69) is 52.4 Å². The Balaban J connectivity index is 1.50. The lowest BCUT2D eigenvalue weighted by molar-refractivity contribution is 0.142. The van der Waals surface area contributed by atoms with Crippen LogP contribution in [-0.2, 0) is 4.74 Å². The first-order valence-electron chi connectivity index (χ1n) is 10.7. The Bertz CT molecular complexity index is 597.